The molecule has 1 N–H and O–H groups in total. The van der Waals surface area contributed by atoms with Crippen molar-refractivity contribution in [3.05, 3.63) is 0 Å². The highest BCUT2D eigenvalue weighted by molar-refractivity contribution is 4.55. The largest absolute Gasteiger partial charge is 0.391 e. The monoisotopic (exact) mass is 234 g/mol. The first-order chi connectivity index (χ1) is 7.41. The highest BCUT2D eigenvalue weighted by Crippen LogP contribution is 2.01. The van der Waals surface area contributed by atoms with Gasteiger partial charge in [0.1, 0.15) is 0 Å². The molecule has 16 heavy (non-hydrogen) atoms. The fourth-order valence-corrected chi connectivity index (χ4v) is 1.21. The Hall–Kier alpha value is -0.160. The summed E-state index contributed by atoms with van der Waals surface area (Å²) < 4.78 is 16.4. The van der Waals surface area contributed by atoms with Crippen LogP contribution in [0.25, 0.3) is 0 Å². The number of aliphatic hydroxyl groups is 1. The Balaban J connectivity index is 3.50. The zero-order valence-electron chi connectivity index (χ0n) is 11.1. The summed E-state index contributed by atoms with van der Waals surface area (Å²) in [6.45, 7) is 11.1. The summed E-state index contributed by atoms with van der Waals surface area (Å²) in [5.41, 5.74) is 0. The van der Waals surface area contributed by atoms with Crippen LogP contribution in [-0.2, 0) is 14.2 Å². The minimum Gasteiger partial charge on any atom is -0.391 e. The molecule has 0 fully saturated rings. The molecule has 4 heteroatoms. The number of ether oxygens (including phenoxy) is 3. The lowest BCUT2D eigenvalue weighted by molar-refractivity contribution is -0.0851. The van der Waals surface area contributed by atoms with Crippen LogP contribution in [0.4, 0.5) is 0 Å². The van der Waals surface area contributed by atoms with Gasteiger partial charge in [0.15, 0.2) is 0 Å². The van der Waals surface area contributed by atoms with Gasteiger partial charge in [-0.3, -0.25) is 0 Å². The molecule has 0 aromatic carbocycles. The van der Waals surface area contributed by atoms with Crippen molar-refractivity contribution < 1.29 is 19.3 Å². The molecule has 0 rings (SSSR count). The highest BCUT2D eigenvalue weighted by atomic mass is 16.6. The molecule has 0 bridgehead atoms. The van der Waals surface area contributed by atoms with Gasteiger partial charge >= 0.3 is 0 Å². The molecular formula is C12H26O4. The normalized spacial score (nSPS) is 17.4. The maximum absolute atomic E-state index is 9.01. The molecule has 0 saturated carbocycles. The number of rotatable bonds is 9. The van der Waals surface area contributed by atoms with E-state index in [-0.39, 0.29) is 18.3 Å². The van der Waals surface area contributed by atoms with Gasteiger partial charge in [0.05, 0.1) is 44.2 Å². The second-order valence-corrected chi connectivity index (χ2v) is 4.53. The summed E-state index contributed by atoms with van der Waals surface area (Å²) in [6.07, 6.45) is -0.112. The predicted octanol–water partition coefficient (Wildman–Crippen LogP) is 1.60. The Morgan fingerprint density at radius 3 is 1.94 bits per heavy atom. The first kappa shape index (κ1) is 15.8. The third-order valence-electron chi connectivity index (χ3n) is 1.84. The van der Waals surface area contributed by atoms with Crippen LogP contribution in [-0.4, -0.2) is 49.3 Å². The van der Waals surface area contributed by atoms with Crippen molar-refractivity contribution in [2.75, 3.05) is 19.8 Å². The zero-order valence-corrected chi connectivity index (χ0v) is 11.1. The van der Waals surface area contributed by atoms with Crippen LogP contribution in [0.1, 0.15) is 34.6 Å². The lowest BCUT2D eigenvalue weighted by atomic mass is 10.3. The first-order valence-corrected chi connectivity index (χ1v) is 5.94. The third kappa shape index (κ3) is 10.4. The van der Waals surface area contributed by atoms with Crippen LogP contribution < -0.4 is 0 Å². The van der Waals surface area contributed by atoms with E-state index in [1.165, 1.54) is 0 Å². The van der Waals surface area contributed by atoms with Crippen LogP contribution in [0.3, 0.4) is 0 Å². The first-order valence-electron chi connectivity index (χ1n) is 5.94. The molecule has 0 heterocycles. The van der Waals surface area contributed by atoms with E-state index in [4.69, 9.17) is 19.3 Å². The molecule has 0 saturated heterocycles. The van der Waals surface area contributed by atoms with Crippen molar-refractivity contribution >= 4 is 0 Å². The van der Waals surface area contributed by atoms with Crippen LogP contribution in [0.15, 0.2) is 0 Å². The highest BCUT2D eigenvalue weighted by Gasteiger charge is 2.10. The van der Waals surface area contributed by atoms with Crippen molar-refractivity contribution in [2.24, 2.45) is 0 Å². The number of hydrogen-bond acceptors (Lipinski definition) is 4. The summed E-state index contributed by atoms with van der Waals surface area (Å²) >= 11 is 0. The Kier molecular flexibility index (Phi) is 8.84. The van der Waals surface area contributed by atoms with Gasteiger partial charge in [-0.2, -0.15) is 0 Å². The van der Waals surface area contributed by atoms with Crippen molar-refractivity contribution in [1.82, 2.24) is 0 Å². The van der Waals surface area contributed by atoms with Gasteiger partial charge in [-0.05, 0) is 34.6 Å². The van der Waals surface area contributed by atoms with Crippen molar-refractivity contribution in [3.8, 4) is 0 Å². The van der Waals surface area contributed by atoms with Crippen LogP contribution in [0.2, 0.25) is 0 Å². The molecule has 0 amide bonds. The Morgan fingerprint density at radius 2 is 1.44 bits per heavy atom. The number of aliphatic hydroxyl groups excluding tert-OH is 1. The van der Waals surface area contributed by atoms with E-state index >= 15 is 0 Å². The molecule has 0 radical (unpaired) electrons. The Bertz CT molecular complexity index is 159. The van der Waals surface area contributed by atoms with Crippen LogP contribution >= 0.6 is 0 Å². The van der Waals surface area contributed by atoms with Gasteiger partial charge in [-0.25, -0.2) is 0 Å². The fourth-order valence-electron chi connectivity index (χ4n) is 1.21. The summed E-state index contributed by atoms with van der Waals surface area (Å²) in [7, 11) is 0. The Morgan fingerprint density at radius 1 is 0.875 bits per heavy atom. The quantitative estimate of drug-likeness (QED) is 0.658. The SMILES string of the molecule is CC(C)OC[C@H](C)O[C@@H](C)COC[C@@H](C)O. The van der Waals surface area contributed by atoms with Gasteiger partial charge in [0.2, 0.25) is 0 Å². The molecule has 0 aliphatic rings. The lowest BCUT2D eigenvalue weighted by Crippen LogP contribution is -2.27. The van der Waals surface area contributed by atoms with Crippen LogP contribution in [0.5, 0.6) is 0 Å². The maximum atomic E-state index is 9.01. The average Bonchev–Trinajstić information content (AvgIpc) is 2.14. The van der Waals surface area contributed by atoms with Crippen molar-refractivity contribution in [3.63, 3.8) is 0 Å². The fraction of sp³-hybridized carbons (Fsp3) is 1.00. The number of hydrogen-bond donors (Lipinski definition) is 1. The van der Waals surface area contributed by atoms with E-state index in [9.17, 15) is 0 Å². The minimum absolute atomic E-state index is 0.0181. The summed E-state index contributed by atoms with van der Waals surface area (Å²) in [5.74, 6) is 0. The molecule has 3 atom stereocenters. The molecule has 0 aromatic heterocycles. The van der Waals surface area contributed by atoms with Gasteiger partial charge in [0.25, 0.3) is 0 Å². The van der Waals surface area contributed by atoms with Gasteiger partial charge in [-0.1, -0.05) is 0 Å². The predicted molar refractivity (Wildman–Crippen MR) is 63.6 cm³/mol. The smallest absolute Gasteiger partial charge is 0.0785 e. The summed E-state index contributed by atoms with van der Waals surface area (Å²) in [4.78, 5) is 0. The van der Waals surface area contributed by atoms with Crippen LogP contribution in [0, 0.1) is 0 Å². The Labute approximate surface area is 98.9 Å². The van der Waals surface area contributed by atoms with Crippen molar-refractivity contribution in [1.29, 1.82) is 0 Å². The lowest BCUT2D eigenvalue weighted by Gasteiger charge is -2.20. The van der Waals surface area contributed by atoms with E-state index < -0.39 is 6.10 Å². The van der Waals surface area contributed by atoms with Gasteiger partial charge < -0.3 is 19.3 Å². The minimum atomic E-state index is -0.422. The average molecular weight is 234 g/mol. The van der Waals surface area contributed by atoms with Crippen molar-refractivity contribution in [2.45, 2.75) is 59.0 Å². The van der Waals surface area contributed by atoms with E-state index in [1.54, 1.807) is 6.92 Å². The second kappa shape index (κ2) is 8.93. The maximum Gasteiger partial charge on any atom is 0.0785 e. The molecule has 0 spiro atoms. The molecule has 4 nitrogen and oxygen atoms in total. The molecule has 0 unspecified atom stereocenters. The van der Waals surface area contributed by atoms with E-state index in [0.29, 0.717) is 19.8 Å². The summed E-state index contributed by atoms with van der Waals surface area (Å²) in [5, 5.41) is 9.01. The summed E-state index contributed by atoms with van der Waals surface area (Å²) in [6, 6.07) is 0. The molecule has 0 aliphatic heterocycles. The molecular weight excluding hydrogens is 208 g/mol. The standard InChI is InChI=1S/C12H26O4/c1-9(2)15-8-12(5)16-11(4)7-14-6-10(3)13/h9-13H,6-8H2,1-5H3/t10-,11+,12+/m1/s1. The van der Waals surface area contributed by atoms with Gasteiger partial charge in [-0.15, -0.1) is 0 Å². The zero-order chi connectivity index (χ0) is 12.6. The topological polar surface area (TPSA) is 47.9 Å². The molecule has 0 aliphatic carbocycles. The van der Waals surface area contributed by atoms with Gasteiger partial charge in [0, 0.05) is 0 Å². The molecule has 0 aromatic rings. The van der Waals surface area contributed by atoms with E-state index in [1.807, 2.05) is 27.7 Å². The van der Waals surface area contributed by atoms with E-state index in [0.717, 1.165) is 0 Å². The molecule has 98 valence electrons. The third-order valence-corrected chi connectivity index (χ3v) is 1.84. The van der Waals surface area contributed by atoms with E-state index in [2.05, 4.69) is 0 Å². The second-order valence-electron chi connectivity index (χ2n) is 4.53.